The molecule has 0 fully saturated rings. The number of nitrogens with one attached hydrogen (secondary N) is 1. The highest BCUT2D eigenvalue weighted by atomic mass is 32.2. The Bertz CT molecular complexity index is 474. The van der Waals surface area contributed by atoms with E-state index in [9.17, 15) is 9.59 Å². The lowest BCUT2D eigenvalue weighted by atomic mass is 10.2. The van der Waals surface area contributed by atoms with E-state index in [1.807, 2.05) is 6.92 Å². The first-order chi connectivity index (χ1) is 10.1. The lowest BCUT2D eigenvalue weighted by Gasteiger charge is -2.06. The average Bonchev–Trinajstić information content (AvgIpc) is 2.87. The van der Waals surface area contributed by atoms with E-state index in [1.165, 1.54) is 23.1 Å². The maximum atomic E-state index is 11.9. The third-order valence-corrected chi connectivity index (χ3v) is 4.66. The number of carbonyl (C=O) groups excluding carboxylic acids is 2. The second-order valence-corrected chi connectivity index (χ2v) is 6.37. The molecular weight excluding hydrogens is 310 g/mol. The molecule has 0 aliphatic carbocycles. The monoisotopic (exact) mass is 331 g/mol. The molecule has 0 atom stereocenters. The third kappa shape index (κ3) is 6.07. The maximum Gasteiger partial charge on any atom is 0.341 e. The van der Waals surface area contributed by atoms with E-state index < -0.39 is 5.97 Å². The van der Waals surface area contributed by atoms with Crippen molar-refractivity contribution in [2.75, 3.05) is 37.1 Å². The summed E-state index contributed by atoms with van der Waals surface area (Å²) in [5.74, 6) is 0.589. The summed E-state index contributed by atoms with van der Waals surface area (Å²) in [5, 5.41) is 3.37. The van der Waals surface area contributed by atoms with Crippen molar-refractivity contribution in [2.24, 2.45) is 0 Å². The zero-order valence-electron chi connectivity index (χ0n) is 12.6. The summed E-state index contributed by atoms with van der Waals surface area (Å²) in [6.45, 7) is 4.70. The number of hydrogen-bond acceptors (Lipinski definition) is 6. The van der Waals surface area contributed by atoms with Crippen LogP contribution < -0.4 is 5.32 Å². The molecule has 0 unspecified atom stereocenters. The molecule has 1 aromatic rings. The van der Waals surface area contributed by atoms with Gasteiger partial charge in [0.15, 0.2) is 0 Å². The van der Waals surface area contributed by atoms with Gasteiger partial charge in [0.1, 0.15) is 5.00 Å². The van der Waals surface area contributed by atoms with Gasteiger partial charge in [-0.15, -0.1) is 23.1 Å². The van der Waals surface area contributed by atoms with Crippen LogP contribution in [0, 0.1) is 0 Å². The Morgan fingerprint density at radius 2 is 2.14 bits per heavy atom. The van der Waals surface area contributed by atoms with Crippen molar-refractivity contribution < 1.29 is 19.1 Å². The van der Waals surface area contributed by atoms with E-state index in [4.69, 9.17) is 9.47 Å². The van der Waals surface area contributed by atoms with Gasteiger partial charge in [-0.3, -0.25) is 4.79 Å². The molecule has 1 heterocycles. The van der Waals surface area contributed by atoms with Gasteiger partial charge in [-0.1, -0.05) is 6.92 Å². The molecule has 0 bridgehead atoms. The molecule has 118 valence electrons. The van der Waals surface area contributed by atoms with Gasteiger partial charge in [-0.05, 0) is 19.4 Å². The van der Waals surface area contributed by atoms with Crippen LogP contribution in [-0.2, 0) is 20.7 Å². The molecule has 1 aromatic heterocycles. The molecule has 0 saturated heterocycles. The van der Waals surface area contributed by atoms with E-state index in [-0.39, 0.29) is 5.91 Å². The number of methoxy groups -OCH3 is 1. The first-order valence-electron chi connectivity index (χ1n) is 6.78. The molecule has 5 nitrogen and oxygen atoms in total. The number of amides is 1. The van der Waals surface area contributed by atoms with Crippen molar-refractivity contribution in [3.63, 3.8) is 0 Å². The van der Waals surface area contributed by atoms with Crippen LogP contribution in [0.25, 0.3) is 0 Å². The Kier molecular flexibility index (Phi) is 8.41. The van der Waals surface area contributed by atoms with Gasteiger partial charge in [-0.25, -0.2) is 4.79 Å². The maximum absolute atomic E-state index is 11.9. The molecule has 0 aliphatic heterocycles. The SMILES string of the molecule is CCOC(=O)c1cc(CC)sc1NC(=O)CSCCOC. The molecule has 0 spiro atoms. The molecule has 1 N–H and O–H groups in total. The summed E-state index contributed by atoms with van der Waals surface area (Å²) in [7, 11) is 1.63. The van der Waals surface area contributed by atoms with Gasteiger partial charge in [-0.2, -0.15) is 0 Å². The summed E-state index contributed by atoms with van der Waals surface area (Å²) in [5.41, 5.74) is 0.439. The fourth-order valence-electron chi connectivity index (χ4n) is 1.54. The van der Waals surface area contributed by atoms with Gasteiger partial charge < -0.3 is 14.8 Å². The Morgan fingerprint density at radius 1 is 1.38 bits per heavy atom. The van der Waals surface area contributed by atoms with Crippen LogP contribution in [0.15, 0.2) is 6.07 Å². The van der Waals surface area contributed by atoms with E-state index in [2.05, 4.69) is 5.32 Å². The van der Waals surface area contributed by atoms with Crippen molar-refractivity contribution in [1.29, 1.82) is 0 Å². The van der Waals surface area contributed by atoms with E-state index in [0.29, 0.717) is 29.5 Å². The quantitative estimate of drug-likeness (QED) is 0.557. The van der Waals surface area contributed by atoms with Crippen molar-refractivity contribution in [3.05, 3.63) is 16.5 Å². The van der Waals surface area contributed by atoms with Crippen molar-refractivity contribution in [1.82, 2.24) is 0 Å². The van der Waals surface area contributed by atoms with Gasteiger partial charge in [0.25, 0.3) is 0 Å². The topological polar surface area (TPSA) is 64.6 Å². The fraction of sp³-hybridized carbons (Fsp3) is 0.571. The number of ether oxygens (including phenoxy) is 2. The minimum Gasteiger partial charge on any atom is -0.462 e. The number of carbonyl (C=O) groups is 2. The average molecular weight is 331 g/mol. The molecule has 0 saturated carbocycles. The molecule has 0 radical (unpaired) electrons. The number of esters is 1. The summed E-state index contributed by atoms with van der Waals surface area (Å²) in [6, 6.07) is 1.79. The zero-order chi connectivity index (χ0) is 15.7. The predicted octanol–water partition coefficient (Wildman–Crippen LogP) is 2.81. The highest BCUT2D eigenvalue weighted by molar-refractivity contribution is 7.99. The van der Waals surface area contributed by atoms with Crippen molar-refractivity contribution in [3.8, 4) is 0 Å². The minimum absolute atomic E-state index is 0.119. The van der Waals surface area contributed by atoms with E-state index in [1.54, 1.807) is 20.1 Å². The van der Waals surface area contributed by atoms with Gasteiger partial charge in [0.05, 0.1) is 24.5 Å². The second-order valence-electron chi connectivity index (χ2n) is 4.12. The smallest absolute Gasteiger partial charge is 0.341 e. The van der Waals surface area contributed by atoms with Crippen LogP contribution in [0.1, 0.15) is 29.1 Å². The summed E-state index contributed by atoms with van der Waals surface area (Å²) in [6.07, 6.45) is 0.815. The summed E-state index contributed by atoms with van der Waals surface area (Å²) < 4.78 is 9.94. The lowest BCUT2D eigenvalue weighted by Crippen LogP contribution is -2.16. The summed E-state index contributed by atoms with van der Waals surface area (Å²) in [4.78, 5) is 24.8. The van der Waals surface area contributed by atoms with Gasteiger partial charge in [0, 0.05) is 17.7 Å². The van der Waals surface area contributed by atoms with Crippen molar-refractivity contribution >= 4 is 40.0 Å². The Labute approximate surface area is 133 Å². The minimum atomic E-state index is -0.393. The van der Waals surface area contributed by atoms with Crippen LogP contribution >= 0.6 is 23.1 Å². The highest BCUT2D eigenvalue weighted by Crippen LogP contribution is 2.29. The molecule has 21 heavy (non-hydrogen) atoms. The van der Waals surface area contributed by atoms with Gasteiger partial charge >= 0.3 is 5.97 Å². The van der Waals surface area contributed by atoms with Crippen LogP contribution in [0.4, 0.5) is 5.00 Å². The largest absolute Gasteiger partial charge is 0.462 e. The first-order valence-corrected chi connectivity index (χ1v) is 8.75. The van der Waals surface area contributed by atoms with Crippen LogP contribution in [0.3, 0.4) is 0 Å². The number of rotatable bonds is 9. The number of aryl methyl sites for hydroxylation is 1. The zero-order valence-corrected chi connectivity index (χ0v) is 14.2. The molecular formula is C14H21NO4S2. The highest BCUT2D eigenvalue weighted by Gasteiger charge is 2.18. The van der Waals surface area contributed by atoms with Crippen LogP contribution in [-0.4, -0.2) is 43.7 Å². The Balaban J connectivity index is 2.66. The number of hydrogen-bond donors (Lipinski definition) is 1. The Morgan fingerprint density at radius 3 is 2.76 bits per heavy atom. The first kappa shape index (κ1) is 18.0. The normalized spacial score (nSPS) is 10.4. The number of thioether (sulfide) groups is 1. The molecule has 0 aromatic carbocycles. The summed E-state index contributed by atoms with van der Waals surface area (Å²) >= 11 is 2.91. The van der Waals surface area contributed by atoms with E-state index >= 15 is 0 Å². The number of thiophene rings is 1. The van der Waals surface area contributed by atoms with Crippen LogP contribution in [0.5, 0.6) is 0 Å². The van der Waals surface area contributed by atoms with E-state index in [0.717, 1.165) is 17.1 Å². The standard InChI is InChI=1S/C14H21NO4S2/c1-4-10-8-11(14(17)19-5-2)13(21-10)15-12(16)9-20-7-6-18-3/h8H,4-7,9H2,1-3H3,(H,15,16). The third-order valence-electron chi connectivity index (χ3n) is 2.54. The fourth-order valence-corrected chi connectivity index (χ4v) is 3.23. The molecule has 1 amide bonds. The Hall–Kier alpha value is -1.05. The molecule has 7 heteroatoms. The van der Waals surface area contributed by atoms with Gasteiger partial charge in [0.2, 0.25) is 5.91 Å². The lowest BCUT2D eigenvalue weighted by molar-refractivity contribution is -0.113. The molecule has 0 aliphatic rings. The van der Waals surface area contributed by atoms with Crippen LogP contribution in [0.2, 0.25) is 0 Å². The molecule has 1 rings (SSSR count). The number of anilines is 1. The predicted molar refractivity (Wildman–Crippen MR) is 87.5 cm³/mol. The second kappa shape index (κ2) is 9.81. The van der Waals surface area contributed by atoms with Crippen molar-refractivity contribution in [2.45, 2.75) is 20.3 Å².